The molecule has 1 aromatic carbocycles. The minimum atomic E-state index is 0.0241. The summed E-state index contributed by atoms with van der Waals surface area (Å²) in [5.74, 6) is 0.0241. The molecule has 0 saturated heterocycles. The molecule has 0 heterocycles. The van der Waals surface area contributed by atoms with Crippen molar-refractivity contribution in [1.82, 2.24) is 0 Å². The zero-order valence-electron chi connectivity index (χ0n) is 10.1. The van der Waals surface area contributed by atoms with E-state index in [1.54, 1.807) is 0 Å². The minimum absolute atomic E-state index is 0.0241. The SMILES string of the molecule is CC(C)N(CCO)c1cccc(Br)c1C(=N)N. The van der Waals surface area contributed by atoms with Gasteiger partial charge in [0.1, 0.15) is 5.84 Å². The van der Waals surface area contributed by atoms with Crippen molar-refractivity contribution in [2.75, 3.05) is 18.1 Å². The van der Waals surface area contributed by atoms with Crippen molar-refractivity contribution < 1.29 is 5.11 Å². The van der Waals surface area contributed by atoms with E-state index in [0.29, 0.717) is 12.1 Å². The smallest absolute Gasteiger partial charge is 0.126 e. The Labute approximate surface area is 110 Å². The summed E-state index contributed by atoms with van der Waals surface area (Å²) in [7, 11) is 0. The molecule has 0 aromatic heterocycles. The van der Waals surface area contributed by atoms with Crippen molar-refractivity contribution in [3.8, 4) is 0 Å². The van der Waals surface area contributed by atoms with Gasteiger partial charge in [-0.2, -0.15) is 0 Å². The summed E-state index contributed by atoms with van der Waals surface area (Å²) in [6.45, 7) is 4.68. The molecule has 0 saturated carbocycles. The Morgan fingerprint density at radius 2 is 2.18 bits per heavy atom. The summed E-state index contributed by atoms with van der Waals surface area (Å²) in [4.78, 5) is 2.03. The molecule has 0 radical (unpaired) electrons. The van der Waals surface area contributed by atoms with E-state index in [-0.39, 0.29) is 18.5 Å². The number of nitrogens with zero attached hydrogens (tertiary/aromatic N) is 1. The quantitative estimate of drug-likeness (QED) is 0.575. The normalized spacial score (nSPS) is 10.6. The molecule has 94 valence electrons. The molecule has 0 spiro atoms. The van der Waals surface area contributed by atoms with Crippen LogP contribution in [0.15, 0.2) is 22.7 Å². The van der Waals surface area contributed by atoms with Crippen LogP contribution >= 0.6 is 15.9 Å². The second kappa shape index (κ2) is 6.02. The van der Waals surface area contributed by atoms with Gasteiger partial charge in [0.2, 0.25) is 0 Å². The van der Waals surface area contributed by atoms with Crippen molar-refractivity contribution in [3.05, 3.63) is 28.2 Å². The third-order valence-electron chi connectivity index (χ3n) is 2.53. The Hall–Kier alpha value is -1.07. The average molecular weight is 300 g/mol. The van der Waals surface area contributed by atoms with Gasteiger partial charge in [-0.1, -0.05) is 6.07 Å². The van der Waals surface area contributed by atoms with Crippen LogP contribution in [0.25, 0.3) is 0 Å². The predicted molar refractivity (Wildman–Crippen MR) is 74.7 cm³/mol. The summed E-state index contributed by atoms with van der Waals surface area (Å²) in [5.41, 5.74) is 7.16. The van der Waals surface area contributed by atoms with E-state index in [9.17, 15) is 0 Å². The van der Waals surface area contributed by atoms with E-state index in [2.05, 4.69) is 15.9 Å². The lowest BCUT2D eigenvalue weighted by Crippen LogP contribution is -2.35. The summed E-state index contributed by atoms with van der Waals surface area (Å²) in [6, 6.07) is 5.91. The first-order valence-electron chi connectivity index (χ1n) is 5.49. The predicted octanol–water partition coefficient (Wildman–Crippen LogP) is 1.94. The van der Waals surface area contributed by atoms with Crippen LogP contribution in [0.3, 0.4) is 0 Å². The molecule has 0 aliphatic rings. The summed E-state index contributed by atoms with van der Waals surface area (Å²) >= 11 is 3.41. The molecule has 0 atom stereocenters. The number of amidine groups is 1. The molecule has 0 aliphatic heterocycles. The Bertz CT molecular complexity index is 407. The standard InChI is InChI=1S/C12H18BrN3O/c1-8(2)16(6-7-17)10-5-3-4-9(13)11(10)12(14)15/h3-5,8,17H,6-7H2,1-2H3,(H3,14,15). The Kier molecular flexibility index (Phi) is 4.96. The van der Waals surface area contributed by atoms with Crippen molar-refractivity contribution in [2.45, 2.75) is 19.9 Å². The highest BCUT2D eigenvalue weighted by atomic mass is 79.9. The molecule has 0 amide bonds. The number of aliphatic hydroxyl groups excluding tert-OH is 1. The lowest BCUT2D eigenvalue weighted by atomic mass is 10.1. The number of hydrogen-bond donors (Lipinski definition) is 3. The van der Waals surface area contributed by atoms with E-state index in [1.165, 1.54) is 0 Å². The van der Waals surface area contributed by atoms with Crippen molar-refractivity contribution in [2.24, 2.45) is 5.73 Å². The molecule has 0 unspecified atom stereocenters. The molecule has 1 aromatic rings. The maximum Gasteiger partial charge on any atom is 0.126 e. The third kappa shape index (κ3) is 3.20. The Balaban J connectivity index is 3.27. The number of nitrogen functional groups attached to an aromatic ring is 1. The average Bonchev–Trinajstić information content (AvgIpc) is 2.24. The Morgan fingerprint density at radius 1 is 1.53 bits per heavy atom. The largest absolute Gasteiger partial charge is 0.395 e. The fourth-order valence-corrected chi connectivity index (χ4v) is 2.35. The van der Waals surface area contributed by atoms with Crippen LogP contribution < -0.4 is 10.6 Å². The highest BCUT2D eigenvalue weighted by Crippen LogP contribution is 2.28. The fourth-order valence-electron chi connectivity index (χ4n) is 1.78. The van der Waals surface area contributed by atoms with Crippen LogP contribution in [0.2, 0.25) is 0 Å². The molecule has 0 bridgehead atoms. The fraction of sp³-hybridized carbons (Fsp3) is 0.417. The molecule has 5 heteroatoms. The highest BCUT2D eigenvalue weighted by Gasteiger charge is 2.17. The number of nitrogens with two attached hydrogens (primary N) is 1. The summed E-state index contributed by atoms with van der Waals surface area (Å²) in [6.07, 6.45) is 0. The number of nitrogens with one attached hydrogen (secondary N) is 1. The number of hydrogen-bond acceptors (Lipinski definition) is 3. The minimum Gasteiger partial charge on any atom is -0.395 e. The molecule has 4 N–H and O–H groups in total. The van der Waals surface area contributed by atoms with E-state index < -0.39 is 0 Å². The van der Waals surface area contributed by atoms with Gasteiger partial charge < -0.3 is 15.7 Å². The Morgan fingerprint density at radius 3 is 2.65 bits per heavy atom. The summed E-state index contributed by atoms with van der Waals surface area (Å²) in [5, 5.41) is 16.7. The monoisotopic (exact) mass is 299 g/mol. The van der Waals surface area contributed by atoms with Crippen LogP contribution in [0.5, 0.6) is 0 Å². The molecule has 0 fully saturated rings. The van der Waals surface area contributed by atoms with E-state index in [0.717, 1.165) is 10.2 Å². The van der Waals surface area contributed by atoms with Crippen LogP contribution in [-0.4, -0.2) is 30.1 Å². The zero-order chi connectivity index (χ0) is 13.0. The number of rotatable bonds is 5. The molecular weight excluding hydrogens is 282 g/mol. The molecule has 0 aliphatic carbocycles. The van der Waals surface area contributed by atoms with Gasteiger partial charge in [0.05, 0.1) is 12.2 Å². The van der Waals surface area contributed by atoms with Crippen LogP contribution in [-0.2, 0) is 0 Å². The third-order valence-corrected chi connectivity index (χ3v) is 3.20. The second-order valence-electron chi connectivity index (χ2n) is 4.06. The van der Waals surface area contributed by atoms with E-state index in [4.69, 9.17) is 16.2 Å². The first-order valence-corrected chi connectivity index (χ1v) is 6.28. The number of aliphatic hydroxyl groups is 1. The van der Waals surface area contributed by atoms with Gasteiger partial charge in [0.15, 0.2) is 0 Å². The molecular formula is C12H18BrN3O. The van der Waals surface area contributed by atoms with Gasteiger partial charge in [0.25, 0.3) is 0 Å². The van der Waals surface area contributed by atoms with Gasteiger partial charge >= 0.3 is 0 Å². The number of halogens is 1. The highest BCUT2D eigenvalue weighted by molar-refractivity contribution is 9.10. The molecule has 17 heavy (non-hydrogen) atoms. The molecule has 4 nitrogen and oxygen atoms in total. The van der Waals surface area contributed by atoms with E-state index in [1.807, 2.05) is 36.9 Å². The van der Waals surface area contributed by atoms with Crippen LogP contribution in [0, 0.1) is 5.41 Å². The van der Waals surface area contributed by atoms with Gasteiger partial charge in [0, 0.05) is 22.7 Å². The second-order valence-corrected chi connectivity index (χ2v) is 4.91. The number of benzene rings is 1. The van der Waals surface area contributed by atoms with Crippen molar-refractivity contribution in [3.63, 3.8) is 0 Å². The number of anilines is 1. The maximum atomic E-state index is 9.11. The lowest BCUT2D eigenvalue weighted by molar-refractivity contribution is 0.299. The van der Waals surface area contributed by atoms with Crippen molar-refractivity contribution in [1.29, 1.82) is 5.41 Å². The lowest BCUT2D eigenvalue weighted by Gasteiger charge is -2.30. The van der Waals surface area contributed by atoms with Crippen LogP contribution in [0.1, 0.15) is 19.4 Å². The van der Waals surface area contributed by atoms with Crippen LogP contribution in [0.4, 0.5) is 5.69 Å². The maximum absolute atomic E-state index is 9.11. The van der Waals surface area contributed by atoms with Gasteiger partial charge in [-0.25, -0.2) is 0 Å². The molecule has 1 rings (SSSR count). The first-order chi connectivity index (χ1) is 7.99. The van der Waals surface area contributed by atoms with Crippen molar-refractivity contribution >= 4 is 27.5 Å². The zero-order valence-corrected chi connectivity index (χ0v) is 11.7. The topological polar surface area (TPSA) is 73.3 Å². The van der Waals surface area contributed by atoms with E-state index >= 15 is 0 Å². The summed E-state index contributed by atoms with van der Waals surface area (Å²) < 4.78 is 0.797. The van der Waals surface area contributed by atoms with Gasteiger partial charge in [-0.15, -0.1) is 0 Å². The van der Waals surface area contributed by atoms with Gasteiger partial charge in [-0.05, 0) is 41.9 Å². The van der Waals surface area contributed by atoms with Gasteiger partial charge in [-0.3, -0.25) is 5.41 Å². The first kappa shape index (κ1) is 14.0.